The number of nitrogens with two attached hydrogens (primary N) is 1. The fraction of sp³-hybridized carbons (Fsp3) is 1.00. The molecule has 2 fully saturated rings. The lowest BCUT2D eigenvalue weighted by Crippen LogP contribution is -2.47. The second kappa shape index (κ2) is 4.81. The van der Waals surface area contributed by atoms with Gasteiger partial charge in [-0.05, 0) is 24.7 Å². The minimum atomic E-state index is 0.396. The van der Waals surface area contributed by atoms with E-state index in [9.17, 15) is 0 Å². The molecule has 0 aromatic rings. The Bertz CT molecular complexity index is 194. The summed E-state index contributed by atoms with van der Waals surface area (Å²) in [4.78, 5) is 2.55. The highest BCUT2D eigenvalue weighted by atomic mass is 16.5. The lowest BCUT2D eigenvalue weighted by molar-refractivity contribution is 0.0346. The highest BCUT2D eigenvalue weighted by molar-refractivity contribution is 4.89. The van der Waals surface area contributed by atoms with Crippen LogP contribution in [0.4, 0.5) is 0 Å². The number of rotatable bonds is 3. The van der Waals surface area contributed by atoms with E-state index >= 15 is 0 Å². The van der Waals surface area contributed by atoms with Crippen LogP contribution in [0.1, 0.15) is 26.7 Å². The number of ether oxygens (including phenoxy) is 1. The highest BCUT2D eigenvalue weighted by Gasteiger charge is 2.35. The van der Waals surface area contributed by atoms with Crippen LogP contribution >= 0.6 is 0 Å². The van der Waals surface area contributed by atoms with E-state index in [0.717, 1.165) is 25.0 Å². The minimum absolute atomic E-state index is 0.396. The average molecular weight is 212 g/mol. The predicted molar refractivity (Wildman–Crippen MR) is 61.7 cm³/mol. The van der Waals surface area contributed by atoms with Crippen LogP contribution in [0.15, 0.2) is 0 Å². The van der Waals surface area contributed by atoms with Crippen LogP contribution in [-0.4, -0.2) is 43.3 Å². The summed E-state index contributed by atoms with van der Waals surface area (Å²) < 4.78 is 5.77. The van der Waals surface area contributed by atoms with Crippen molar-refractivity contribution in [2.45, 2.75) is 38.8 Å². The molecule has 0 aromatic heterocycles. The summed E-state index contributed by atoms with van der Waals surface area (Å²) in [6.45, 7) is 8.75. The normalized spacial score (nSPS) is 39.8. The van der Waals surface area contributed by atoms with Gasteiger partial charge < -0.3 is 10.5 Å². The summed E-state index contributed by atoms with van der Waals surface area (Å²) >= 11 is 0. The maximum absolute atomic E-state index is 5.90. The SMILES string of the molecule is CC1CN(C(CN)C2CCCO2)CC1C. The monoisotopic (exact) mass is 212 g/mol. The van der Waals surface area contributed by atoms with E-state index in [4.69, 9.17) is 10.5 Å². The first-order valence-electron chi connectivity index (χ1n) is 6.28. The predicted octanol–water partition coefficient (Wildman–Crippen LogP) is 1.08. The van der Waals surface area contributed by atoms with Crippen molar-refractivity contribution in [3.63, 3.8) is 0 Å². The lowest BCUT2D eigenvalue weighted by atomic mass is 10.0. The van der Waals surface area contributed by atoms with Crippen LogP contribution < -0.4 is 5.73 Å². The molecule has 2 saturated heterocycles. The Morgan fingerprint density at radius 2 is 2.00 bits per heavy atom. The Morgan fingerprint density at radius 3 is 2.47 bits per heavy atom. The van der Waals surface area contributed by atoms with Crippen molar-refractivity contribution in [3.05, 3.63) is 0 Å². The quantitative estimate of drug-likeness (QED) is 0.761. The molecule has 88 valence electrons. The fourth-order valence-electron chi connectivity index (χ4n) is 2.89. The molecule has 0 radical (unpaired) electrons. The molecule has 2 aliphatic heterocycles. The van der Waals surface area contributed by atoms with Gasteiger partial charge in [0.2, 0.25) is 0 Å². The van der Waals surface area contributed by atoms with Gasteiger partial charge in [-0.3, -0.25) is 4.90 Å². The summed E-state index contributed by atoms with van der Waals surface area (Å²) in [5.41, 5.74) is 5.90. The molecule has 0 saturated carbocycles. The molecule has 0 aromatic carbocycles. The maximum atomic E-state index is 5.90. The molecule has 0 spiro atoms. The van der Waals surface area contributed by atoms with E-state index in [1.807, 2.05) is 0 Å². The Hall–Kier alpha value is -0.120. The van der Waals surface area contributed by atoms with Crippen molar-refractivity contribution in [2.75, 3.05) is 26.2 Å². The maximum Gasteiger partial charge on any atom is 0.0743 e. The average Bonchev–Trinajstić information content (AvgIpc) is 2.80. The zero-order valence-corrected chi connectivity index (χ0v) is 9.98. The molecular weight excluding hydrogens is 188 g/mol. The second-order valence-corrected chi connectivity index (χ2v) is 5.26. The van der Waals surface area contributed by atoms with Crippen LogP contribution in [-0.2, 0) is 4.74 Å². The summed E-state index contributed by atoms with van der Waals surface area (Å²) in [5, 5.41) is 0. The molecule has 3 heteroatoms. The summed E-state index contributed by atoms with van der Waals surface area (Å²) in [7, 11) is 0. The van der Waals surface area contributed by atoms with Gasteiger partial charge in [0.05, 0.1) is 6.10 Å². The largest absolute Gasteiger partial charge is 0.377 e. The van der Waals surface area contributed by atoms with Gasteiger partial charge in [0.15, 0.2) is 0 Å². The molecule has 2 heterocycles. The third-order valence-corrected chi connectivity index (χ3v) is 4.12. The van der Waals surface area contributed by atoms with Crippen molar-refractivity contribution < 1.29 is 4.74 Å². The first-order valence-corrected chi connectivity index (χ1v) is 6.28. The van der Waals surface area contributed by atoms with Gasteiger partial charge in [-0.15, -0.1) is 0 Å². The molecule has 0 aliphatic carbocycles. The number of nitrogens with zero attached hydrogens (tertiary/aromatic N) is 1. The van der Waals surface area contributed by atoms with Crippen LogP contribution in [0, 0.1) is 11.8 Å². The van der Waals surface area contributed by atoms with E-state index in [2.05, 4.69) is 18.7 Å². The van der Waals surface area contributed by atoms with E-state index in [1.165, 1.54) is 25.9 Å². The van der Waals surface area contributed by atoms with Crippen molar-refractivity contribution in [1.29, 1.82) is 0 Å². The van der Waals surface area contributed by atoms with Crippen LogP contribution in [0.5, 0.6) is 0 Å². The molecule has 2 N–H and O–H groups in total. The Morgan fingerprint density at radius 1 is 1.33 bits per heavy atom. The van der Waals surface area contributed by atoms with Crippen LogP contribution in [0.25, 0.3) is 0 Å². The van der Waals surface area contributed by atoms with E-state index in [-0.39, 0.29) is 0 Å². The number of hydrogen-bond acceptors (Lipinski definition) is 3. The smallest absolute Gasteiger partial charge is 0.0743 e. The van der Waals surface area contributed by atoms with Gasteiger partial charge >= 0.3 is 0 Å². The Balaban J connectivity index is 1.94. The van der Waals surface area contributed by atoms with E-state index in [0.29, 0.717) is 12.1 Å². The fourth-order valence-corrected chi connectivity index (χ4v) is 2.89. The first-order chi connectivity index (χ1) is 7.22. The topological polar surface area (TPSA) is 38.5 Å². The van der Waals surface area contributed by atoms with Gasteiger partial charge in [-0.25, -0.2) is 0 Å². The van der Waals surface area contributed by atoms with Crippen molar-refractivity contribution in [3.8, 4) is 0 Å². The van der Waals surface area contributed by atoms with Crippen LogP contribution in [0.3, 0.4) is 0 Å². The number of hydrogen-bond donors (Lipinski definition) is 1. The standard InChI is InChI=1S/C12H24N2O/c1-9-7-14(8-10(9)2)11(6-13)12-4-3-5-15-12/h9-12H,3-8,13H2,1-2H3. The molecule has 0 amide bonds. The molecule has 2 aliphatic rings. The van der Waals surface area contributed by atoms with E-state index in [1.54, 1.807) is 0 Å². The summed E-state index contributed by atoms with van der Waals surface area (Å²) in [6.07, 6.45) is 2.80. The van der Waals surface area contributed by atoms with E-state index < -0.39 is 0 Å². The zero-order chi connectivity index (χ0) is 10.8. The second-order valence-electron chi connectivity index (χ2n) is 5.26. The molecule has 15 heavy (non-hydrogen) atoms. The van der Waals surface area contributed by atoms with Crippen molar-refractivity contribution in [1.82, 2.24) is 4.90 Å². The Labute approximate surface area is 93.0 Å². The highest BCUT2D eigenvalue weighted by Crippen LogP contribution is 2.27. The molecular formula is C12H24N2O. The summed E-state index contributed by atoms with van der Waals surface area (Å²) in [6, 6.07) is 0.458. The molecule has 2 rings (SSSR count). The minimum Gasteiger partial charge on any atom is -0.377 e. The van der Waals surface area contributed by atoms with Crippen LogP contribution in [0.2, 0.25) is 0 Å². The first kappa shape index (κ1) is 11.4. The molecule has 3 nitrogen and oxygen atoms in total. The van der Waals surface area contributed by atoms with Gasteiger partial charge in [0.25, 0.3) is 0 Å². The molecule has 4 unspecified atom stereocenters. The molecule has 4 atom stereocenters. The van der Waals surface area contributed by atoms with Gasteiger partial charge in [-0.2, -0.15) is 0 Å². The van der Waals surface area contributed by atoms with Gasteiger partial charge in [0.1, 0.15) is 0 Å². The third-order valence-electron chi connectivity index (χ3n) is 4.12. The van der Waals surface area contributed by atoms with Crippen molar-refractivity contribution in [2.24, 2.45) is 17.6 Å². The third kappa shape index (κ3) is 2.35. The summed E-state index contributed by atoms with van der Waals surface area (Å²) in [5.74, 6) is 1.61. The van der Waals surface area contributed by atoms with Crippen molar-refractivity contribution >= 4 is 0 Å². The molecule has 0 bridgehead atoms. The van der Waals surface area contributed by atoms with Gasteiger partial charge in [0, 0.05) is 32.3 Å². The number of likely N-dealkylation sites (tertiary alicyclic amines) is 1. The lowest BCUT2D eigenvalue weighted by Gasteiger charge is -2.31. The zero-order valence-electron chi connectivity index (χ0n) is 9.98. The Kier molecular flexibility index (Phi) is 3.65. The van der Waals surface area contributed by atoms with Gasteiger partial charge in [-0.1, -0.05) is 13.8 Å².